The smallest absolute Gasteiger partial charge is 0.352 e. The van der Waals surface area contributed by atoms with Crippen molar-refractivity contribution in [3.63, 3.8) is 0 Å². The van der Waals surface area contributed by atoms with E-state index in [4.69, 9.17) is 5.11 Å². The van der Waals surface area contributed by atoms with Crippen LogP contribution in [0.25, 0.3) is 0 Å². The first-order chi connectivity index (χ1) is 8.50. The molecule has 1 fully saturated rings. The third-order valence-electron chi connectivity index (χ3n) is 3.66. The Hall–Kier alpha value is -1.78. The minimum Gasteiger partial charge on any atom is -0.477 e. The lowest BCUT2D eigenvalue weighted by Crippen LogP contribution is -2.38. The van der Waals surface area contributed by atoms with Gasteiger partial charge >= 0.3 is 5.97 Å². The van der Waals surface area contributed by atoms with Crippen LogP contribution in [0.4, 0.5) is 0 Å². The van der Waals surface area contributed by atoms with Gasteiger partial charge in [0.1, 0.15) is 12.2 Å². The maximum absolute atomic E-state index is 12.1. The predicted molar refractivity (Wildman–Crippen MR) is 66.3 cm³/mol. The number of carbonyl (C=O) groups excluding carboxylic acids is 1. The van der Waals surface area contributed by atoms with Crippen LogP contribution in [0.1, 0.15) is 30.3 Å². The molecule has 5 nitrogen and oxygen atoms in total. The summed E-state index contributed by atoms with van der Waals surface area (Å²) in [7, 11) is 1.79. The second-order valence-electron chi connectivity index (χ2n) is 4.91. The number of amides is 1. The molecule has 1 aliphatic rings. The van der Waals surface area contributed by atoms with Crippen LogP contribution in [0.5, 0.6) is 0 Å². The molecule has 1 unspecified atom stereocenters. The van der Waals surface area contributed by atoms with Crippen molar-refractivity contribution in [1.82, 2.24) is 9.47 Å². The summed E-state index contributed by atoms with van der Waals surface area (Å²) in [6.07, 6.45) is 3.99. The number of aromatic carboxylic acids is 1. The summed E-state index contributed by atoms with van der Waals surface area (Å²) in [6.45, 7) is 2.13. The topological polar surface area (TPSA) is 62.5 Å². The molecule has 0 aromatic carbocycles. The van der Waals surface area contributed by atoms with E-state index >= 15 is 0 Å². The molecule has 0 radical (unpaired) electrons. The van der Waals surface area contributed by atoms with Crippen molar-refractivity contribution < 1.29 is 14.7 Å². The third kappa shape index (κ3) is 2.55. The Bertz CT molecular complexity index is 463. The molecule has 1 saturated carbocycles. The average molecular weight is 250 g/mol. The minimum atomic E-state index is -1.01. The highest BCUT2D eigenvalue weighted by atomic mass is 16.4. The Morgan fingerprint density at radius 3 is 2.78 bits per heavy atom. The van der Waals surface area contributed by atoms with E-state index in [2.05, 4.69) is 0 Å². The predicted octanol–water partition coefficient (Wildman–Crippen LogP) is 1.44. The van der Waals surface area contributed by atoms with Crippen LogP contribution >= 0.6 is 0 Å². The van der Waals surface area contributed by atoms with Crippen LogP contribution in [0.3, 0.4) is 0 Å². The quantitative estimate of drug-likeness (QED) is 0.860. The lowest BCUT2D eigenvalue weighted by molar-refractivity contribution is -0.132. The van der Waals surface area contributed by atoms with E-state index in [9.17, 15) is 9.59 Å². The number of carbonyl (C=O) groups is 2. The van der Waals surface area contributed by atoms with Crippen LogP contribution in [0.15, 0.2) is 18.3 Å². The molecule has 1 amide bonds. The zero-order chi connectivity index (χ0) is 13.3. The molecule has 18 heavy (non-hydrogen) atoms. The molecule has 98 valence electrons. The Morgan fingerprint density at radius 2 is 2.22 bits per heavy atom. The summed E-state index contributed by atoms with van der Waals surface area (Å²) in [5.74, 6) is -0.443. The van der Waals surface area contributed by atoms with Crippen molar-refractivity contribution in [2.45, 2.75) is 32.4 Å². The third-order valence-corrected chi connectivity index (χ3v) is 3.66. The maximum atomic E-state index is 12.1. The molecule has 0 bridgehead atoms. The van der Waals surface area contributed by atoms with E-state index in [1.807, 2.05) is 6.92 Å². The van der Waals surface area contributed by atoms with Gasteiger partial charge in [0.15, 0.2) is 0 Å². The van der Waals surface area contributed by atoms with E-state index in [0.717, 1.165) is 0 Å². The first-order valence-electron chi connectivity index (χ1n) is 6.14. The molecular weight excluding hydrogens is 232 g/mol. The van der Waals surface area contributed by atoms with Crippen molar-refractivity contribution in [2.24, 2.45) is 5.92 Å². The van der Waals surface area contributed by atoms with E-state index in [-0.39, 0.29) is 24.2 Å². The van der Waals surface area contributed by atoms with Gasteiger partial charge in [0.05, 0.1) is 0 Å². The van der Waals surface area contributed by atoms with Gasteiger partial charge in [-0.15, -0.1) is 0 Å². The number of carboxylic acids is 1. The highest BCUT2D eigenvalue weighted by Gasteiger charge is 2.32. The fraction of sp³-hybridized carbons (Fsp3) is 0.538. The SMILES string of the molecule is CC(C1CC1)N(C)C(=O)Cn1cccc1C(=O)O. The summed E-state index contributed by atoms with van der Waals surface area (Å²) in [5, 5.41) is 8.97. The van der Waals surface area contributed by atoms with Crippen LogP contribution in [0, 0.1) is 5.92 Å². The van der Waals surface area contributed by atoms with Gasteiger partial charge in [-0.25, -0.2) is 4.79 Å². The lowest BCUT2D eigenvalue weighted by Gasteiger charge is -2.25. The molecule has 0 saturated heterocycles. The second-order valence-corrected chi connectivity index (χ2v) is 4.91. The lowest BCUT2D eigenvalue weighted by atomic mass is 10.2. The highest BCUT2D eigenvalue weighted by molar-refractivity contribution is 5.86. The number of likely N-dealkylation sites (N-methyl/N-ethyl adjacent to an activating group) is 1. The van der Waals surface area contributed by atoms with Crippen molar-refractivity contribution in [1.29, 1.82) is 0 Å². The summed E-state index contributed by atoms with van der Waals surface area (Å²) >= 11 is 0. The zero-order valence-electron chi connectivity index (χ0n) is 10.7. The summed E-state index contributed by atoms with van der Waals surface area (Å²) in [6, 6.07) is 3.38. The van der Waals surface area contributed by atoms with Crippen molar-refractivity contribution in [3.8, 4) is 0 Å². The van der Waals surface area contributed by atoms with Crippen LogP contribution in [-0.4, -0.2) is 39.5 Å². The monoisotopic (exact) mass is 250 g/mol. The first kappa shape index (κ1) is 12.7. The molecule has 1 heterocycles. The van der Waals surface area contributed by atoms with Gasteiger partial charge in [-0.05, 0) is 37.8 Å². The number of aromatic nitrogens is 1. The van der Waals surface area contributed by atoms with Gasteiger partial charge in [-0.3, -0.25) is 4.79 Å². The second kappa shape index (κ2) is 4.84. The van der Waals surface area contributed by atoms with Gasteiger partial charge in [-0.1, -0.05) is 0 Å². The largest absolute Gasteiger partial charge is 0.477 e. The van der Waals surface area contributed by atoms with E-state index in [1.165, 1.54) is 23.5 Å². The van der Waals surface area contributed by atoms with E-state index < -0.39 is 5.97 Å². The Kier molecular flexibility index (Phi) is 3.41. The minimum absolute atomic E-state index is 0.0481. The number of hydrogen-bond acceptors (Lipinski definition) is 2. The van der Waals surface area contributed by atoms with Crippen molar-refractivity contribution >= 4 is 11.9 Å². The van der Waals surface area contributed by atoms with Gasteiger partial charge < -0.3 is 14.6 Å². The molecule has 1 aromatic rings. The van der Waals surface area contributed by atoms with Crippen LogP contribution in [-0.2, 0) is 11.3 Å². The Labute approximate surface area is 106 Å². The Morgan fingerprint density at radius 1 is 1.56 bits per heavy atom. The molecular formula is C13H18N2O3. The van der Waals surface area contributed by atoms with Gasteiger partial charge in [0, 0.05) is 19.3 Å². The molecule has 0 spiro atoms. The summed E-state index contributed by atoms with van der Waals surface area (Å²) < 4.78 is 1.47. The normalized spacial score (nSPS) is 16.3. The first-order valence-corrected chi connectivity index (χ1v) is 6.14. The number of nitrogens with zero attached hydrogens (tertiary/aromatic N) is 2. The number of carboxylic acid groups (broad SMARTS) is 1. The zero-order valence-corrected chi connectivity index (χ0v) is 10.7. The average Bonchev–Trinajstić information content (AvgIpc) is 3.07. The standard InChI is InChI=1S/C13H18N2O3/c1-9(10-5-6-10)14(2)12(16)8-15-7-3-4-11(15)13(17)18/h3-4,7,9-10H,5-6,8H2,1-2H3,(H,17,18). The maximum Gasteiger partial charge on any atom is 0.352 e. The molecule has 1 aromatic heterocycles. The molecule has 2 rings (SSSR count). The molecule has 1 N–H and O–H groups in total. The fourth-order valence-corrected chi connectivity index (χ4v) is 2.13. The van der Waals surface area contributed by atoms with Crippen molar-refractivity contribution in [3.05, 3.63) is 24.0 Å². The number of rotatable bonds is 5. The van der Waals surface area contributed by atoms with Crippen LogP contribution < -0.4 is 0 Å². The molecule has 0 aliphatic heterocycles. The van der Waals surface area contributed by atoms with E-state index in [0.29, 0.717) is 5.92 Å². The van der Waals surface area contributed by atoms with Crippen molar-refractivity contribution in [2.75, 3.05) is 7.05 Å². The molecule has 1 atom stereocenters. The number of hydrogen-bond donors (Lipinski definition) is 1. The van der Waals surface area contributed by atoms with Gasteiger partial charge in [0.2, 0.25) is 5.91 Å². The van der Waals surface area contributed by atoms with Gasteiger partial charge in [-0.2, -0.15) is 0 Å². The Balaban J connectivity index is 2.01. The fourth-order valence-electron chi connectivity index (χ4n) is 2.13. The molecule has 1 aliphatic carbocycles. The van der Waals surface area contributed by atoms with E-state index in [1.54, 1.807) is 24.2 Å². The molecule has 5 heteroatoms. The summed E-state index contributed by atoms with van der Waals surface area (Å²) in [4.78, 5) is 24.7. The van der Waals surface area contributed by atoms with Crippen LogP contribution in [0.2, 0.25) is 0 Å². The highest BCUT2D eigenvalue weighted by Crippen LogP contribution is 2.34. The summed E-state index contributed by atoms with van der Waals surface area (Å²) in [5.41, 5.74) is 0.149. The van der Waals surface area contributed by atoms with Gasteiger partial charge in [0.25, 0.3) is 0 Å².